The molecule has 33 heavy (non-hydrogen) atoms. The molecule has 0 amide bonds. The van der Waals surface area contributed by atoms with Gasteiger partial charge in [-0.3, -0.25) is 4.79 Å². The molecule has 0 aromatic rings. The molecule has 1 spiro atoms. The molecule has 1 saturated heterocycles. The molecule has 0 aromatic carbocycles. The largest absolute Gasteiger partial charge is 0.465 e. The summed E-state index contributed by atoms with van der Waals surface area (Å²) >= 11 is 0. The third-order valence-corrected chi connectivity index (χ3v) is 10.3. The van der Waals surface area contributed by atoms with Gasteiger partial charge in [0.15, 0.2) is 5.79 Å². The number of nitriles is 1. The molecule has 4 aliphatic carbocycles. The van der Waals surface area contributed by atoms with Crippen molar-refractivity contribution in [3.8, 4) is 6.07 Å². The summed E-state index contributed by atoms with van der Waals surface area (Å²) in [5.41, 5.74) is 0.136. The number of aliphatic hydroxyl groups is 1. The summed E-state index contributed by atoms with van der Waals surface area (Å²) in [6.45, 7) is 7.90. The van der Waals surface area contributed by atoms with Crippen LogP contribution in [-0.4, -0.2) is 71.8 Å². The molecule has 177 valence electrons. The van der Waals surface area contributed by atoms with Crippen LogP contribution < -0.4 is 0 Å². The number of nitrogens with zero attached hydrogens (tertiary/aromatic N) is 1. The zero-order valence-corrected chi connectivity index (χ0v) is 22.7. The fourth-order valence-corrected chi connectivity index (χ4v) is 8.41. The van der Waals surface area contributed by atoms with E-state index >= 15 is 0 Å². The van der Waals surface area contributed by atoms with Crippen molar-refractivity contribution in [2.45, 2.75) is 83.5 Å². The van der Waals surface area contributed by atoms with Crippen LogP contribution in [0.5, 0.6) is 0 Å². The number of allylic oxidation sites excluding steroid dienone is 1. The van der Waals surface area contributed by atoms with Gasteiger partial charge in [-0.25, -0.2) is 0 Å². The Hall–Kier alpha value is -0.420. The Labute approximate surface area is 219 Å². The van der Waals surface area contributed by atoms with E-state index in [4.69, 9.17) is 14.2 Å². The van der Waals surface area contributed by atoms with Gasteiger partial charge in [0.05, 0.1) is 31.5 Å². The molecular weight excluding hydrogens is 429 g/mol. The molecule has 4 fully saturated rings. The Bertz CT molecular complexity index is 863. The van der Waals surface area contributed by atoms with Gasteiger partial charge in [0.1, 0.15) is 5.92 Å². The number of fused-ring (bicyclic) bond motifs is 5. The normalized spacial score (nSPS) is 43.8. The standard InChI is InChI=1S/C26H37NO5.Na/c1-4-30-22(28)18(16-27)19-7-8-20-21-6-5-17-15-25(31-13-14-32-25)11-10-24(17,3)26(21,29)12-9-23(19,20)2;/h5,18-21,29H,4,6-15H2,1-3H3;/t18?,19-,20+,21+,23-,24+,26-;/m1./s1. The van der Waals surface area contributed by atoms with Gasteiger partial charge in [-0.2, -0.15) is 5.26 Å². The molecule has 7 heteroatoms. The van der Waals surface area contributed by atoms with E-state index in [1.807, 2.05) is 0 Å². The van der Waals surface area contributed by atoms with E-state index in [0.717, 1.165) is 44.9 Å². The second-order valence-electron chi connectivity index (χ2n) is 11.3. The molecule has 6 nitrogen and oxygen atoms in total. The molecule has 3 saturated carbocycles. The second kappa shape index (κ2) is 8.91. The van der Waals surface area contributed by atoms with Crippen LogP contribution in [0.25, 0.3) is 0 Å². The van der Waals surface area contributed by atoms with Crippen molar-refractivity contribution in [2.75, 3.05) is 19.8 Å². The van der Waals surface area contributed by atoms with Crippen LogP contribution in [0.3, 0.4) is 0 Å². The average molecular weight is 467 g/mol. The number of carbonyl (C=O) groups excluding carboxylic acids is 1. The van der Waals surface area contributed by atoms with Crippen molar-refractivity contribution in [2.24, 2.45) is 34.5 Å². The summed E-state index contributed by atoms with van der Waals surface area (Å²) in [5, 5.41) is 22.2. The van der Waals surface area contributed by atoms with Crippen molar-refractivity contribution in [1.82, 2.24) is 0 Å². The van der Waals surface area contributed by atoms with Crippen LogP contribution in [0, 0.1) is 45.8 Å². The zero-order valence-electron chi connectivity index (χ0n) is 20.7. The fraction of sp³-hybridized carbons (Fsp3) is 0.846. The minimum absolute atomic E-state index is 0. The zero-order chi connectivity index (χ0) is 22.8. The van der Waals surface area contributed by atoms with Crippen molar-refractivity contribution in [3.63, 3.8) is 0 Å². The van der Waals surface area contributed by atoms with E-state index < -0.39 is 17.3 Å². The quantitative estimate of drug-likeness (QED) is 0.387. The van der Waals surface area contributed by atoms with E-state index in [-0.39, 0.29) is 58.2 Å². The number of hydrogen-bond acceptors (Lipinski definition) is 6. The third-order valence-electron chi connectivity index (χ3n) is 10.3. The summed E-state index contributed by atoms with van der Waals surface area (Å²) in [6, 6.07) is 2.27. The topological polar surface area (TPSA) is 88.8 Å². The summed E-state index contributed by atoms with van der Waals surface area (Å²) in [4.78, 5) is 12.6. The fourth-order valence-electron chi connectivity index (χ4n) is 8.41. The number of ether oxygens (including phenoxy) is 3. The first-order valence-electron chi connectivity index (χ1n) is 12.5. The SMILES string of the molecule is CCOC(=O)C(C#N)[C@H]1CC[C@H]2[C@@H]3CC=C4CC5(CC[C@]4(C)[C@@]3(O)CC[C@]12C)OCCO5.[Na]. The van der Waals surface area contributed by atoms with Crippen molar-refractivity contribution < 1.29 is 24.1 Å². The Kier molecular flexibility index (Phi) is 6.93. The summed E-state index contributed by atoms with van der Waals surface area (Å²) < 4.78 is 17.3. The Morgan fingerprint density at radius 1 is 1.21 bits per heavy atom. The molecule has 1 aliphatic heterocycles. The minimum Gasteiger partial charge on any atom is -0.465 e. The van der Waals surface area contributed by atoms with Crippen LogP contribution in [0.15, 0.2) is 11.6 Å². The monoisotopic (exact) mass is 466 g/mol. The Morgan fingerprint density at radius 2 is 1.94 bits per heavy atom. The Morgan fingerprint density at radius 3 is 2.61 bits per heavy atom. The first kappa shape index (κ1) is 25.7. The molecule has 1 heterocycles. The summed E-state index contributed by atoms with van der Waals surface area (Å²) in [6.07, 6.45) is 9.01. The second-order valence-corrected chi connectivity index (χ2v) is 11.3. The van der Waals surface area contributed by atoms with Gasteiger partial charge in [0, 0.05) is 47.8 Å². The predicted molar refractivity (Wildman–Crippen MR) is 123 cm³/mol. The van der Waals surface area contributed by atoms with E-state index in [1.54, 1.807) is 6.92 Å². The Balaban J connectivity index is 0.00000259. The van der Waals surface area contributed by atoms with E-state index in [2.05, 4.69) is 26.0 Å². The maximum absolute atomic E-state index is 12.6. The van der Waals surface area contributed by atoms with Gasteiger partial charge in [0.25, 0.3) is 0 Å². The maximum Gasteiger partial charge on any atom is 0.323 e. The van der Waals surface area contributed by atoms with Crippen LogP contribution in [0.1, 0.15) is 72.1 Å². The van der Waals surface area contributed by atoms with Gasteiger partial charge in [-0.05, 0) is 68.6 Å². The van der Waals surface area contributed by atoms with Gasteiger partial charge in [0.2, 0.25) is 0 Å². The van der Waals surface area contributed by atoms with Crippen LogP contribution in [-0.2, 0) is 19.0 Å². The number of carbonyl (C=O) groups is 1. The number of hydrogen-bond donors (Lipinski definition) is 1. The van der Waals surface area contributed by atoms with Crippen molar-refractivity contribution in [3.05, 3.63) is 11.6 Å². The summed E-state index contributed by atoms with van der Waals surface area (Å²) in [7, 11) is 0. The molecule has 7 atom stereocenters. The number of esters is 1. The van der Waals surface area contributed by atoms with Gasteiger partial charge in [-0.1, -0.05) is 25.5 Å². The number of rotatable bonds is 3. The first-order chi connectivity index (χ1) is 15.2. The molecule has 5 rings (SSSR count). The average Bonchev–Trinajstić information content (AvgIpc) is 3.36. The van der Waals surface area contributed by atoms with Gasteiger partial charge < -0.3 is 19.3 Å². The smallest absolute Gasteiger partial charge is 0.323 e. The molecule has 1 unspecified atom stereocenters. The minimum atomic E-state index is -0.761. The molecule has 0 bridgehead atoms. The first-order valence-corrected chi connectivity index (χ1v) is 12.5. The molecule has 0 aromatic heterocycles. The van der Waals surface area contributed by atoms with Gasteiger partial charge in [-0.15, -0.1) is 0 Å². The van der Waals surface area contributed by atoms with Crippen molar-refractivity contribution >= 4 is 35.5 Å². The molecular formula is C26H37NNaO5. The molecule has 1 N–H and O–H groups in total. The van der Waals surface area contributed by atoms with E-state index in [9.17, 15) is 15.2 Å². The van der Waals surface area contributed by atoms with Crippen LogP contribution >= 0.6 is 0 Å². The maximum atomic E-state index is 12.6. The van der Waals surface area contributed by atoms with E-state index in [1.165, 1.54) is 5.57 Å². The van der Waals surface area contributed by atoms with Crippen LogP contribution in [0.4, 0.5) is 0 Å². The molecule has 5 aliphatic rings. The predicted octanol–water partition coefficient (Wildman–Crippen LogP) is 3.75. The van der Waals surface area contributed by atoms with Crippen LogP contribution in [0.2, 0.25) is 0 Å². The third kappa shape index (κ3) is 3.60. The van der Waals surface area contributed by atoms with E-state index in [0.29, 0.717) is 32.2 Å². The van der Waals surface area contributed by atoms with Gasteiger partial charge >= 0.3 is 5.97 Å². The molecule has 1 radical (unpaired) electrons. The summed E-state index contributed by atoms with van der Waals surface area (Å²) in [5.74, 6) is -1.13. The van der Waals surface area contributed by atoms with Crippen molar-refractivity contribution in [1.29, 1.82) is 5.26 Å².